The van der Waals surface area contributed by atoms with Crippen molar-refractivity contribution in [1.29, 1.82) is 0 Å². The average molecular weight is 333 g/mol. The van der Waals surface area contributed by atoms with E-state index < -0.39 is 9.84 Å². The van der Waals surface area contributed by atoms with Crippen molar-refractivity contribution in [2.75, 3.05) is 0 Å². The number of aryl methyl sites for hydroxylation is 1. The van der Waals surface area contributed by atoms with Crippen molar-refractivity contribution in [3.8, 4) is 0 Å². The normalized spacial score (nSPS) is 11.9. The van der Waals surface area contributed by atoms with Gasteiger partial charge >= 0.3 is 0 Å². The number of hydrogen-bond donors (Lipinski definition) is 0. The Morgan fingerprint density at radius 1 is 0.792 bits per heavy atom. The molecular weight excluding hydrogens is 318 g/mol. The van der Waals surface area contributed by atoms with Crippen molar-refractivity contribution < 1.29 is 8.42 Å². The van der Waals surface area contributed by atoms with Crippen LogP contribution in [0.1, 0.15) is 5.56 Å². The number of rotatable bonds is 2. The highest BCUT2D eigenvalue weighted by atomic mass is 32.2. The third-order valence-corrected chi connectivity index (χ3v) is 6.00. The third kappa shape index (κ3) is 2.27. The van der Waals surface area contributed by atoms with Crippen molar-refractivity contribution in [3.63, 3.8) is 0 Å². The Labute approximate surface area is 140 Å². The molecule has 0 unspecified atom stereocenters. The van der Waals surface area contributed by atoms with Gasteiger partial charge in [-0.25, -0.2) is 8.42 Å². The van der Waals surface area contributed by atoms with Crippen LogP contribution in [0.25, 0.3) is 21.7 Å². The summed E-state index contributed by atoms with van der Waals surface area (Å²) in [4.78, 5) is 4.97. The lowest BCUT2D eigenvalue weighted by Gasteiger charge is -2.09. The maximum absolute atomic E-state index is 13.1. The first-order valence-corrected chi connectivity index (χ1v) is 9.14. The Hall–Kier alpha value is -2.72. The fourth-order valence-electron chi connectivity index (χ4n) is 2.92. The van der Waals surface area contributed by atoms with Gasteiger partial charge in [0.05, 0.1) is 15.3 Å². The van der Waals surface area contributed by atoms with Gasteiger partial charge in [0, 0.05) is 17.0 Å². The highest BCUT2D eigenvalue weighted by Gasteiger charge is 2.21. The van der Waals surface area contributed by atoms with E-state index in [9.17, 15) is 8.42 Å². The maximum Gasteiger partial charge on any atom is 0.208 e. The summed E-state index contributed by atoms with van der Waals surface area (Å²) in [6, 6.07) is 20.1. The number of aromatic nitrogens is 1. The van der Waals surface area contributed by atoms with E-state index in [2.05, 4.69) is 4.98 Å². The lowest BCUT2D eigenvalue weighted by molar-refractivity contribution is 0.597. The van der Waals surface area contributed by atoms with Gasteiger partial charge in [-0.15, -0.1) is 0 Å². The Morgan fingerprint density at radius 3 is 2.29 bits per heavy atom. The summed E-state index contributed by atoms with van der Waals surface area (Å²) in [5.74, 6) is 0. The molecule has 0 aliphatic carbocycles. The average Bonchev–Trinajstić information content (AvgIpc) is 2.61. The molecule has 0 saturated heterocycles. The zero-order chi connectivity index (χ0) is 16.7. The van der Waals surface area contributed by atoms with Crippen LogP contribution in [0, 0.1) is 6.92 Å². The topological polar surface area (TPSA) is 47.0 Å². The van der Waals surface area contributed by atoms with E-state index in [1.165, 1.54) is 0 Å². The molecule has 0 aliphatic heterocycles. The van der Waals surface area contributed by atoms with E-state index in [4.69, 9.17) is 0 Å². The summed E-state index contributed by atoms with van der Waals surface area (Å²) in [7, 11) is -3.61. The highest BCUT2D eigenvalue weighted by Crippen LogP contribution is 2.31. The monoisotopic (exact) mass is 333 g/mol. The molecule has 0 spiro atoms. The number of para-hydroxylation sites is 1. The van der Waals surface area contributed by atoms with Crippen LogP contribution in [0.3, 0.4) is 0 Å². The van der Waals surface area contributed by atoms with Gasteiger partial charge in [0.1, 0.15) is 0 Å². The van der Waals surface area contributed by atoms with Crippen LogP contribution in [0.2, 0.25) is 0 Å². The molecule has 0 amide bonds. The molecule has 1 aromatic heterocycles. The van der Waals surface area contributed by atoms with Gasteiger partial charge < -0.3 is 0 Å². The lowest BCUT2D eigenvalue weighted by atomic mass is 10.1. The fourth-order valence-corrected chi connectivity index (χ4v) is 4.35. The molecule has 0 N–H and O–H groups in total. The zero-order valence-electron chi connectivity index (χ0n) is 13.1. The minimum absolute atomic E-state index is 0.245. The number of hydrogen-bond acceptors (Lipinski definition) is 3. The molecule has 0 fully saturated rings. The molecule has 4 aromatic rings. The molecule has 118 valence electrons. The van der Waals surface area contributed by atoms with Gasteiger partial charge in [0.2, 0.25) is 9.84 Å². The van der Waals surface area contributed by atoms with Crippen molar-refractivity contribution in [2.45, 2.75) is 16.7 Å². The number of nitrogens with zero attached hydrogens (tertiary/aromatic N) is 1. The first-order chi connectivity index (χ1) is 11.6. The summed E-state index contributed by atoms with van der Waals surface area (Å²) >= 11 is 0. The van der Waals surface area contributed by atoms with Crippen LogP contribution < -0.4 is 0 Å². The van der Waals surface area contributed by atoms with Crippen LogP contribution in [0.5, 0.6) is 0 Å². The van der Waals surface area contributed by atoms with E-state index in [-0.39, 0.29) is 9.79 Å². The molecule has 1 heterocycles. The molecule has 3 nitrogen and oxygen atoms in total. The number of fused-ring (bicyclic) bond motifs is 3. The van der Waals surface area contributed by atoms with Crippen LogP contribution >= 0.6 is 0 Å². The van der Waals surface area contributed by atoms with E-state index >= 15 is 0 Å². The Bertz CT molecular complexity index is 1160. The summed E-state index contributed by atoms with van der Waals surface area (Å²) in [6.45, 7) is 1.93. The van der Waals surface area contributed by atoms with Crippen LogP contribution in [0.15, 0.2) is 82.7 Å². The van der Waals surface area contributed by atoms with Crippen LogP contribution in [-0.4, -0.2) is 13.4 Å². The fraction of sp³-hybridized carbons (Fsp3) is 0.0500. The minimum Gasteiger partial charge on any atom is -0.254 e. The standard InChI is InChI=1S/C20H15NO2S/c1-14-9-11-16(12-10-14)24(22,23)19-8-4-7-18-17-6-3-2-5-15(17)13-21-20(18)19/h2-13H,1H3. The van der Waals surface area contributed by atoms with Crippen molar-refractivity contribution in [2.24, 2.45) is 0 Å². The van der Waals surface area contributed by atoms with Gasteiger partial charge in [-0.1, -0.05) is 54.1 Å². The quantitative estimate of drug-likeness (QED) is 0.506. The number of pyridine rings is 1. The summed E-state index contributed by atoms with van der Waals surface area (Å²) in [6.07, 6.45) is 1.73. The lowest BCUT2D eigenvalue weighted by Crippen LogP contribution is -2.03. The third-order valence-electron chi connectivity index (χ3n) is 4.20. The zero-order valence-corrected chi connectivity index (χ0v) is 13.9. The van der Waals surface area contributed by atoms with Crippen molar-refractivity contribution in [3.05, 3.63) is 78.5 Å². The van der Waals surface area contributed by atoms with Gasteiger partial charge in [-0.3, -0.25) is 4.98 Å². The van der Waals surface area contributed by atoms with Crippen LogP contribution in [0.4, 0.5) is 0 Å². The molecule has 4 rings (SSSR count). The molecule has 0 bridgehead atoms. The second kappa shape index (κ2) is 5.42. The number of benzene rings is 3. The summed E-state index contributed by atoms with van der Waals surface area (Å²) in [5, 5.41) is 2.85. The predicted octanol–water partition coefficient (Wildman–Crippen LogP) is 4.53. The summed E-state index contributed by atoms with van der Waals surface area (Å²) < 4.78 is 26.1. The Kier molecular flexibility index (Phi) is 3.36. The van der Waals surface area contributed by atoms with Crippen LogP contribution in [-0.2, 0) is 9.84 Å². The second-order valence-electron chi connectivity index (χ2n) is 5.81. The molecule has 0 aliphatic rings. The van der Waals surface area contributed by atoms with E-state index in [0.29, 0.717) is 5.52 Å². The van der Waals surface area contributed by atoms with Crippen molar-refractivity contribution in [1.82, 2.24) is 4.98 Å². The largest absolute Gasteiger partial charge is 0.254 e. The summed E-state index contributed by atoms with van der Waals surface area (Å²) in [5.41, 5.74) is 1.53. The van der Waals surface area contributed by atoms with Gasteiger partial charge in [0.25, 0.3) is 0 Å². The van der Waals surface area contributed by atoms with E-state index in [1.807, 2.05) is 37.3 Å². The molecule has 24 heavy (non-hydrogen) atoms. The predicted molar refractivity (Wildman–Crippen MR) is 95.9 cm³/mol. The second-order valence-corrected chi connectivity index (χ2v) is 7.73. The maximum atomic E-state index is 13.1. The molecule has 0 atom stereocenters. The SMILES string of the molecule is Cc1ccc(S(=O)(=O)c2cccc3c2ncc2ccccc23)cc1. The smallest absolute Gasteiger partial charge is 0.208 e. The first kappa shape index (κ1) is 14.8. The molecule has 3 aromatic carbocycles. The minimum atomic E-state index is -3.61. The van der Waals surface area contributed by atoms with Gasteiger partial charge in [-0.2, -0.15) is 0 Å². The number of sulfone groups is 1. The van der Waals surface area contributed by atoms with E-state index in [0.717, 1.165) is 21.7 Å². The molecule has 4 heteroatoms. The Balaban J connectivity index is 2.03. The highest BCUT2D eigenvalue weighted by molar-refractivity contribution is 7.91. The first-order valence-electron chi connectivity index (χ1n) is 7.65. The molecular formula is C20H15NO2S. The molecule has 0 radical (unpaired) electrons. The molecule has 0 saturated carbocycles. The van der Waals surface area contributed by atoms with Gasteiger partial charge in [0.15, 0.2) is 0 Å². The van der Waals surface area contributed by atoms with Crippen molar-refractivity contribution >= 4 is 31.5 Å². The Morgan fingerprint density at radius 2 is 1.50 bits per heavy atom. The van der Waals surface area contributed by atoms with Gasteiger partial charge in [-0.05, 0) is 30.5 Å². The van der Waals surface area contributed by atoms with E-state index in [1.54, 1.807) is 42.6 Å².